The summed E-state index contributed by atoms with van der Waals surface area (Å²) in [6, 6.07) is 13.2. The topological polar surface area (TPSA) is 0 Å². The molecule has 82 valence electrons. The summed E-state index contributed by atoms with van der Waals surface area (Å²) in [4.78, 5) is 0. The van der Waals surface area contributed by atoms with Crippen LogP contribution in [0.15, 0.2) is 36.4 Å². The van der Waals surface area contributed by atoms with Gasteiger partial charge in [0.2, 0.25) is 0 Å². The van der Waals surface area contributed by atoms with Crippen molar-refractivity contribution in [3.8, 4) is 11.1 Å². The highest BCUT2D eigenvalue weighted by Crippen LogP contribution is 2.26. The normalized spacial score (nSPS) is 10.5. The molecule has 0 fully saturated rings. The van der Waals surface area contributed by atoms with E-state index in [4.69, 9.17) is 0 Å². The average molecular weight is 210 g/mol. The van der Waals surface area contributed by atoms with Gasteiger partial charge in [0.1, 0.15) is 0 Å². The van der Waals surface area contributed by atoms with E-state index in [0.29, 0.717) is 0 Å². The quantitative estimate of drug-likeness (QED) is 0.646. The molecule has 16 heavy (non-hydrogen) atoms. The lowest BCUT2D eigenvalue weighted by molar-refractivity contribution is 1.31. The SMILES string of the molecule is Cc1ccc(-c2cccc(C)c2C)cc1C. The highest BCUT2D eigenvalue weighted by Gasteiger charge is 2.04. The number of hydrogen-bond acceptors (Lipinski definition) is 0. The molecule has 0 aliphatic rings. The van der Waals surface area contributed by atoms with E-state index in [1.807, 2.05) is 0 Å². The zero-order valence-corrected chi connectivity index (χ0v) is 10.5. The number of benzene rings is 2. The third kappa shape index (κ3) is 1.88. The van der Waals surface area contributed by atoms with Crippen molar-refractivity contribution in [3.05, 3.63) is 58.7 Å². The molecule has 0 nitrogen and oxygen atoms in total. The first kappa shape index (κ1) is 10.9. The highest BCUT2D eigenvalue weighted by molar-refractivity contribution is 5.69. The summed E-state index contributed by atoms with van der Waals surface area (Å²) in [6.07, 6.45) is 0. The maximum Gasteiger partial charge on any atom is -0.0152 e. The smallest absolute Gasteiger partial charge is 0.0152 e. The second-order valence-electron chi connectivity index (χ2n) is 4.55. The Morgan fingerprint density at radius 3 is 2.12 bits per heavy atom. The van der Waals surface area contributed by atoms with Gasteiger partial charge in [0.05, 0.1) is 0 Å². The lowest BCUT2D eigenvalue weighted by Crippen LogP contribution is -1.88. The van der Waals surface area contributed by atoms with Crippen molar-refractivity contribution in [1.29, 1.82) is 0 Å². The largest absolute Gasteiger partial charge is 0.0614 e. The van der Waals surface area contributed by atoms with Crippen LogP contribution < -0.4 is 0 Å². The van der Waals surface area contributed by atoms with Crippen molar-refractivity contribution in [2.24, 2.45) is 0 Å². The van der Waals surface area contributed by atoms with Gasteiger partial charge in [-0.05, 0) is 61.1 Å². The van der Waals surface area contributed by atoms with Gasteiger partial charge in [-0.3, -0.25) is 0 Å². The van der Waals surface area contributed by atoms with Crippen LogP contribution in [0.1, 0.15) is 22.3 Å². The predicted molar refractivity (Wildman–Crippen MR) is 70.8 cm³/mol. The Labute approximate surface area is 97.9 Å². The average Bonchev–Trinajstić information content (AvgIpc) is 2.26. The summed E-state index contributed by atoms with van der Waals surface area (Å²) in [7, 11) is 0. The minimum absolute atomic E-state index is 1.32. The van der Waals surface area contributed by atoms with Crippen LogP contribution in [0.5, 0.6) is 0 Å². The molecule has 0 bridgehead atoms. The molecule has 0 aromatic heterocycles. The molecule has 0 saturated carbocycles. The van der Waals surface area contributed by atoms with Gasteiger partial charge in [0.15, 0.2) is 0 Å². The number of aryl methyl sites for hydroxylation is 3. The molecular weight excluding hydrogens is 192 g/mol. The van der Waals surface area contributed by atoms with Gasteiger partial charge in [0, 0.05) is 0 Å². The molecule has 0 amide bonds. The van der Waals surface area contributed by atoms with Gasteiger partial charge in [-0.2, -0.15) is 0 Å². The molecule has 2 aromatic rings. The van der Waals surface area contributed by atoms with Crippen molar-refractivity contribution in [1.82, 2.24) is 0 Å². The van der Waals surface area contributed by atoms with Gasteiger partial charge >= 0.3 is 0 Å². The Morgan fingerprint density at radius 2 is 1.44 bits per heavy atom. The van der Waals surface area contributed by atoms with Gasteiger partial charge in [0.25, 0.3) is 0 Å². The van der Waals surface area contributed by atoms with E-state index < -0.39 is 0 Å². The fourth-order valence-electron chi connectivity index (χ4n) is 1.97. The summed E-state index contributed by atoms with van der Waals surface area (Å²) in [5.41, 5.74) is 8.13. The lowest BCUT2D eigenvalue weighted by Gasteiger charge is -2.10. The number of rotatable bonds is 1. The Bertz CT molecular complexity index is 522. The van der Waals surface area contributed by atoms with Gasteiger partial charge < -0.3 is 0 Å². The van der Waals surface area contributed by atoms with Crippen molar-refractivity contribution < 1.29 is 0 Å². The first-order chi connectivity index (χ1) is 7.59. The van der Waals surface area contributed by atoms with E-state index in [1.165, 1.54) is 33.4 Å². The van der Waals surface area contributed by atoms with Crippen molar-refractivity contribution in [3.63, 3.8) is 0 Å². The Balaban J connectivity index is 2.59. The molecule has 0 spiro atoms. The van der Waals surface area contributed by atoms with E-state index in [0.717, 1.165) is 0 Å². The molecule has 2 rings (SSSR count). The first-order valence-electron chi connectivity index (χ1n) is 5.73. The minimum atomic E-state index is 1.32. The Morgan fingerprint density at radius 1 is 0.688 bits per heavy atom. The van der Waals surface area contributed by atoms with E-state index in [-0.39, 0.29) is 0 Å². The summed E-state index contributed by atoms with van der Waals surface area (Å²) in [5.74, 6) is 0. The summed E-state index contributed by atoms with van der Waals surface area (Å²) in [6.45, 7) is 8.69. The zero-order valence-electron chi connectivity index (χ0n) is 10.5. The molecule has 0 heteroatoms. The second kappa shape index (κ2) is 4.13. The molecule has 2 aromatic carbocycles. The Kier molecular flexibility index (Phi) is 2.82. The van der Waals surface area contributed by atoms with Crippen molar-refractivity contribution in [2.45, 2.75) is 27.7 Å². The van der Waals surface area contributed by atoms with Crippen LogP contribution in [0.4, 0.5) is 0 Å². The molecule has 0 atom stereocenters. The molecule has 0 radical (unpaired) electrons. The van der Waals surface area contributed by atoms with E-state index in [2.05, 4.69) is 64.1 Å². The maximum absolute atomic E-state index is 2.27. The molecule has 0 aliphatic carbocycles. The standard InChI is InChI=1S/C16H18/c1-11-8-9-15(10-13(11)3)16-7-5-6-12(2)14(16)4/h5-10H,1-4H3. The third-order valence-electron chi connectivity index (χ3n) is 3.42. The molecule has 0 heterocycles. The molecule has 0 N–H and O–H groups in total. The summed E-state index contributed by atoms with van der Waals surface area (Å²) >= 11 is 0. The molecule has 0 saturated heterocycles. The molecular formula is C16H18. The van der Waals surface area contributed by atoms with Crippen molar-refractivity contribution >= 4 is 0 Å². The number of hydrogen-bond donors (Lipinski definition) is 0. The van der Waals surface area contributed by atoms with Gasteiger partial charge in [-0.25, -0.2) is 0 Å². The first-order valence-corrected chi connectivity index (χ1v) is 5.73. The Hall–Kier alpha value is -1.56. The van der Waals surface area contributed by atoms with Crippen LogP contribution >= 0.6 is 0 Å². The summed E-state index contributed by atoms with van der Waals surface area (Å²) < 4.78 is 0. The van der Waals surface area contributed by atoms with Crippen LogP contribution in [0.3, 0.4) is 0 Å². The van der Waals surface area contributed by atoms with E-state index in [1.54, 1.807) is 0 Å². The monoisotopic (exact) mass is 210 g/mol. The molecule has 0 unspecified atom stereocenters. The van der Waals surface area contributed by atoms with Crippen LogP contribution in [0.25, 0.3) is 11.1 Å². The molecule has 0 aliphatic heterocycles. The van der Waals surface area contributed by atoms with E-state index >= 15 is 0 Å². The second-order valence-corrected chi connectivity index (χ2v) is 4.55. The third-order valence-corrected chi connectivity index (χ3v) is 3.42. The summed E-state index contributed by atoms with van der Waals surface area (Å²) in [5, 5.41) is 0. The fraction of sp³-hybridized carbons (Fsp3) is 0.250. The zero-order chi connectivity index (χ0) is 11.7. The van der Waals surface area contributed by atoms with Gasteiger partial charge in [-0.15, -0.1) is 0 Å². The van der Waals surface area contributed by atoms with Crippen LogP contribution in [0, 0.1) is 27.7 Å². The maximum atomic E-state index is 2.27. The van der Waals surface area contributed by atoms with Crippen LogP contribution in [-0.2, 0) is 0 Å². The van der Waals surface area contributed by atoms with Gasteiger partial charge in [-0.1, -0.05) is 36.4 Å². The lowest BCUT2D eigenvalue weighted by atomic mass is 9.95. The predicted octanol–water partition coefficient (Wildman–Crippen LogP) is 4.59. The highest BCUT2D eigenvalue weighted by atomic mass is 14.1. The van der Waals surface area contributed by atoms with E-state index in [9.17, 15) is 0 Å². The van der Waals surface area contributed by atoms with Crippen LogP contribution in [-0.4, -0.2) is 0 Å². The minimum Gasteiger partial charge on any atom is -0.0614 e. The van der Waals surface area contributed by atoms with Crippen molar-refractivity contribution in [2.75, 3.05) is 0 Å². The fourth-order valence-corrected chi connectivity index (χ4v) is 1.97. The van der Waals surface area contributed by atoms with Crippen LogP contribution in [0.2, 0.25) is 0 Å².